The van der Waals surface area contributed by atoms with E-state index < -0.39 is 0 Å². The second-order valence-electron chi connectivity index (χ2n) is 3.31. The lowest BCUT2D eigenvalue weighted by Gasteiger charge is -2.03. The van der Waals surface area contributed by atoms with Crippen molar-refractivity contribution in [2.45, 2.75) is 6.92 Å². The third-order valence-corrected chi connectivity index (χ3v) is 2.89. The van der Waals surface area contributed by atoms with E-state index in [0.29, 0.717) is 27.7 Å². The monoisotopic (exact) mass is 282 g/mol. The minimum atomic E-state index is -0.292. The summed E-state index contributed by atoms with van der Waals surface area (Å²) in [5.74, 6) is -0.0782. The summed E-state index contributed by atoms with van der Waals surface area (Å²) in [6.07, 6.45) is 0.614. The van der Waals surface area contributed by atoms with Crippen LogP contribution >= 0.6 is 15.9 Å². The molecule has 1 aromatic heterocycles. The summed E-state index contributed by atoms with van der Waals surface area (Å²) in [5.41, 5.74) is 1.71. The van der Waals surface area contributed by atoms with Crippen LogP contribution in [0.4, 0.5) is 4.39 Å². The molecular formula is C11H8BrFN2O. The van der Waals surface area contributed by atoms with E-state index in [1.165, 1.54) is 6.07 Å². The van der Waals surface area contributed by atoms with Crippen molar-refractivity contribution >= 4 is 22.2 Å². The van der Waals surface area contributed by atoms with Gasteiger partial charge in [0.2, 0.25) is 0 Å². The van der Waals surface area contributed by atoms with Crippen molar-refractivity contribution in [3.05, 3.63) is 40.0 Å². The lowest BCUT2D eigenvalue weighted by atomic mass is 10.1. The lowest BCUT2D eigenvalue weighted by Crippen LogP contribution is -1.89. The maximum atomic E-state index is 13.4. The molecule has 0 spiro atoms. The largest absolute Gasteiger partial charge is 0.330 e. The first-order valence-corrected chi connectivity index (χ1v) is 5.39. The molecular weight excluding hydrogens is 275 g/mol. The van der Waals surface area contributed by atoms with Crippen LogP contribution < -0.4 is 0 Å². The van der Waals surface area contributed by atoms with Gasteiger partial charge in [0.15, 0.2) is 12.1 Å². The maximum Gasteiger partial charge on any atom is 0.185 e. The fraction of sp³-hybridized carbons (Fsp3) is 0.0909. The zero-order chi connectivity index (χ0) is 11.7. The number of halogens is 2. The van der Waals surface area contributed by atoms with Crippen LogP contribution in [0.3, 0.4) is 0 Å². The second kappa shape index (κ2) is 4.17. The molecule has 1 N–H and O–H groups in total. The van der Waals surface area contributed by atoms with Crippen LogP contribution in [-0.4, -0.2) is 16.3 Å². The summed E-state index contributed by atoms with van der Waals surface area (Å²) >= 11 is 3.25. The molecule has 0 radical (unpaired) electrons. The van der Waals surface area contributed by atoms with E-state index in [2.05, 4.69) is 25.9 Å². The number of hydrogen-bond acceptors (Lipinski definition) is 2. The van der Waals surface area contributed by atoms with Crippen molar-refractivity contribution in [1.29, 1.82) is 0 Å². The molecule has 1 aromatic carbocycles. The van der Waals surface area contributed by atoms with Gasteiger partial charge in [0, 0.05) is 5.56 Å². The molecule has 0 aliphatic rings. The van der Waals surface area contributed by atoms with Gasteiger partial charge < -0.3 is 4.98 Å². The zero-order valence-corrected chi connectivity index (χ0v) is 10.0. The van der Waals surface area contributed by atoms with Gasteiger partial charge in [-0.1, -0.05) is 12.1 Å². The molecule has 16 heavy (non-hydrogen) atoms. The van der Waals surface area contributed by atoms with Gasteiger partial charge in [0.05, 0.1) is 0 Å². The Hall–Kier alpha value is -1.49. The summed E-state index contributed by atoms with van der Waals surface area (Å²) in [5, 5.41) is 0. The molecule has 0 fully saturated rings. The van der Waals surface area contributed by atoms with Gasteiger partial charge >= 0.3 is 0 Å². The van der Waals surface area contributed by atoms with E-state index in [1.54, 1.807) is 19.1 Å². The Bertz CT molecular complexity index is 551. The van der Waals surface area contributed by atoms with E-state index in [1.807, 2.05) is 0 Å². The van der Waals surface area contributed by atoms with Crippen molar-refractivity contribution in [3.8, 4) is 11.3 Å². The van der Waals surface area contributed by atoms with Crippen molar-refractivity contribution in [2.75, 3.05) is 0 Å². The van der Waals surface area contributed by atoms with Crippen LogP contribution in [0, 0.1) is 12.7 Å². The molecule has 82 valence electrons. The lowest BCUT2D eigenvalue weighted by molar-refractivity contribution is 0.111. The molecule has 0 aliphatic carbocycles. The number of hydrogen-bond donors (Lipinski definition) is 1. The van der Waals surface area contributed by atoms with Gasteiger partial charge in [-0.3, -0.25) is 4.79 Å². The standard InChI is InChI=1S/C11H8BrFN2O/c1-6-7(3-2-4-8(6)13)10-11(12)15-9(5-16)14-10/h2-5H,1H3,(H,14,15). The number of nitrogens with zero attached hydrogens (tertiary/aromatic N) is 1. The van der Waals surface area contributed by atoms with Crippen molar-refractivity contribution < 1.29 is 9.18 Å². The van der Waals surface area contributed by atoms with Gasteiger partial charge in [-0.2, -0.15) is 0 Å². The van der Waals surface area contributed by atoms with Gasteiger partial charge in [-0.15, -0.1) is 0 Å². The number of imidazole rings is 1. The fourth-order valence-electron chi connectivity index (χ4n) is 1.47. The van der Waals surface area contributed by atoms with Crippen LogP contribution in [0.1, 0.15) is 16.2 Å². The Morgan fingerprint density at radius 2 is 2.25 bits per heavy atom. The van der Waals surface area contributed by atoms with E-state index >= 15 is 0 Å². The topological polar surface area (TPSA) is 45.8 Å². The molecule has 2 aromatic rings. The summed E-state index contributed by atoms with van der Waals surface area (Å²) in [6, 6.07) is 4.76. The highest BCUT2D eigenvalue weighted by atomic mass is 79.9. The molecule has 0 bridgehead atoms. The van der Waals surface area contributed by atoms with Crippen LogP contribution in [0.15, 0.2) is 22.8 Å². The first kappa shape index (κ1) is 11.0. The number of carbonyl (C=O) groups is 1. The highest BCUT2D eigenvalue weighted by Gasteiger charge is 2.13. The van der Waals surface area contributed by atoms with Gasteiger partial charge in [-0.25, -0.2) is 9.37 Å². The quantitative estimate of drug-likeness (QED) is 0.861. The first-order valence-electron chi connectivity index (χ1n) is 4.59. The molecule has 0 aliphatic heterocycles. The summed E-state index contributed by atoms with van der Waals surface area (Å²) in [6.45, 7) is 1.67. The van der Waals surface area contributed by atoms with E-state index in [0.717, 1.165) is 0 Å². The van der Waals surface area contributed by atoms with Crippen LogP contribution in [0.2, 0.25) is 0 Å². The van der Waals surface area contributed by atoms with Crippen LogP contribution in [-0.2, 0) is 0 Å². The number of H-pyrrole nitrogens is 1. The third-order valence-electron chi connectivity index (χ3n) is 2.31. The van der Waals surface area contributed by atoms with Gasteiger partial charge in [0.1, 0.15) is 16.1 Å². The normalized spacial score (nSPS) is 10.4. The van der Waals surface area contributed by atoms with E-state index in [-0.39, 0.29) is 11.6 Å². The van der Waals surface area contributed by atoms with Crippen LogP contribution in [0.5, 0.6) is 0 Å². The molecule has 0 saturated heterocycles. The number of aromatic amines is 1. The molecule has 5 heteroatoms. The van der Waals surface area contributed by atoms with Crippen molar-refractivity contribution in [1.82, 2.24) is 9.97 Å². The van der Waals surface area contributed by atoms with Crippen molar-refractivity contribution in [2.24, 2.45) is 0 Å². The summed E-state index contributed by atoms with van der Waals surface area (Å²) in [7, 11) is 0. The third kappa shape index (κ3) is 1.78. The van der Waals surface area contributed by atoms with Gasteiger partial charge in [-0.05, 0) is 34.5 Å². The number of carbonyl (C=O) groups excluding carboxylic acids is 1. The second-order valence-corrected chi connectivity index (χ2v) is 4.11. The zero-order valence-electron chi connectivity index (χ0n) is 8.42. The van der Waals surface area contributed by atoms with Crippen LogP contribution in [0.25, 0.3) is 11.3 Å². The molecule has 2 rings (SSSR count). The average molecular weight is 283 g/mol. The number of aromatic nitrogens is 2. The predicted octanol–water partition coefficient (Wildman–Crippen LogP) is 3.10. The molecule has 3 nitrogen and oxygen atoms in total. The Morgan fingerprint density at radius 3 is 2.88 bits per heavy atom. The number of rotatable bonds is 2. The SMILES string of the molecule is Cc1c(F)cccc1-c1nc(C=O)[nH]c1Br. The molecule has 1 heterocycles. The Kier molecular flexibility index (Phi) is 2.87. The minimum absolute atomic E-state index is 0.213. The van der Waals surface area contributed by atoms with E-state index in [9.17, 15) is 9.18 Å². The highest BCUT2D eigenvalue weighted by Crippen LogP contribution is 2.29. The average Bonchev–Trinajstić information content (AvgIpc) is 2.64. The Morgan fingerprint density at radius 1 is 1.50 bits per heavy atom. The molecule has 0 saturated carbocycles. The fourth-order valence-corrected chi connectivity index (χ4v) is 1.97. The number of aldehydes is 1. The summed E-state index contributed by atoms with van der Waals surface area (Å²) in [4.78, 5) is 17.4. The minimum Gasteiger partial charge on any atom is -0.330 e. The molecule has 0 atom stereocenters. The first-order chi connectivity index (χ1) is 7.63. The Labute approximate surface area is 99.8 Å². The number of nitrogens with one attached hydrogen (secondary N) is 1. The maximum absolute atomic E-state index is 13.4. The highest BCUT2D eigenvalue weighted by molar-refractivity contribution is 9.10. The molecule has 0 amide bonds. The van der Waals surface area contributed by atoms with Crippen molar-refractivity contribution in [3.63, 3.8) is 0 Å². The van der Waals surface area contributed by atoms with Gasteiger partial charge in [0.25, 0.3) is 0 Å². The van der Waals surface area contributed by atoms with E-state index in [4.69, 9.17) is 0 Å². The Balaban J connectivity index is 2.62. The molecule has 0 unspecified atom stereocenters. The summed E-state index contributed by atoms with van der Waals surface area (Å²) < 4.78 is 13.9. The predicted molar refractivity (Wildman–Crippen MR) is 61.8 cm³/mol. The smallest absolute Gasteiger partial charge is 0.185 e. The number of benzene rings is 1.